The van der Waals surface area contributed by atoms with Crippen LogP contribution >= 0.6 is 47.8 Å². The molecule has 608 valence electrons. The molecular formula is C94H114BBr3N8O9. The Kier molecular flexibility index (Phi) is 29.5. The second kappa shape index (κ2) is 38.6. The van der Waals surface area contributed by atoms with E-state index < -0.39 is 16.8 Å². The van der Waals surface area contributed by atoms with Gasteiger partial charge in [-0.05, 0) is 290 Å². The first-order valence-electron chi connectivity index (χ1n) is 40.3. The van der Waals surface area contributed by atoms with Crippen LogP contribution in [-0.2, 0) is 33.9 Å². The first kappa shape index (κ1) is 87.9. The van der Waals surface area contributed by atoms with Crippen molar-refractivity contribution in [2.45, 2.75) is 194 Å². The molecular weight excluding hydrogens is 1640 g/mol. The van der Waals surface area contributed by atoms with E-state index in [1.807, 2.05) is 153 Å². The van der Waals surface area contributed by atoms with Gasteiger partial charge < -0.3 is 53.8 Å². The van der Waals surface area contributed by atoms with E-state index in [1.54, 1.807) is 9.80 Å². The summed E-state index contributed by atoms with van der Waals surface area (Å²) in [5.74, 6) is 0. The normalized spacial score (nSPS) is 18.6. The van der Waals surface area contributed by atoms with Gasteiger partial charge in [0.1, 0.15) is 18.0 Å². The Hall–Kier alpha value is -7.93. The molecule has 0 spiro atoms. The molecule has 3 aromatic heterocycles. The summed E-state index contributed by atoms with van der Waals surface area (Å²) in [6.07, 6.45) is 25.5. The molecule has 0 radical (unpaired) electrons. The number of ether oxygens (including phenoxy) is 4. The third kappa shape index (κ3) is 23.9. The highest BCUT2D eigenvalue weighted by Crippen LogP contribution is 2.39. The minimum atomic E-state index is -0.619. The highest BCUT2D eigenvalue weighted by molar-refractivity contribution is 9.11. The molecule has 6 aliphatic heterocycles. The SMILES string of the molecule is Brc1ccc(C2=CCNCC2)cc1.C1=C(c2ccc(-c3cnc4c(-c5ccnc6ccccc56)cnn4c3)cc2)CCCC1.CC(C)(C)OC(=O)N1CC=C(c2ccc(B3OC(C)(C)C(C)(C)O3)cc2)CC1.CC(C)(C)OC(=O)N1CC=C(c2ccc(Br)cc2)CC1.CC1(C)OCOC1(C)C.OC1(c2ccc(Br)cc2)CCNCC1. The number of hydrogen-bond acceptors (Lipinski definition) is 14. The van der Waals surface area contributed by atoms with Gasteiger partial charge in [0.25, 0.3) is 0 Å². The maximum atomic E-state index is 12.2. The number of halogens is 3. The van der Waals surface area contributed by atoms with Crippen molar-refractivity contribution in [3.8, 4) is 22.3 Å². The lowest BCUT2D eigenvalue weighted by molar-refractivity contribution is 0.00578. The van der Waals surface area contributed by atoms with Gasteiger partial charge in [-0.2, -0.15) is 5.10 Å². The number of para-hydroxylation sites is 1. The van der Waals surface area contributed by atoms with Crippen LogP contribution in [0.2, 0.25) is 0 Å². The van der Waals surface area contributed by atoms with E-state index in [1.165, 1.54) is 70.2 Å². The first-order valence-corrected chi connectivity index (χ1v) is 42.7. The third-order valence-corrected chi connectivity index (χ3v) is 23.9. The van der Waals surface area contributed by atoms with Gasteiger partial charge in [0.15, 0.2) is 5.65 Å². The topological polar surface area (TPSA) is 183 Å². The fourth-order valence-corrected chi connectivity index (χ4v) is 14.8. The molecule has 0 unspecified atom stereocenters. The van der Waals surface area contributed by atoms with Crippen molar-refractivity contribution in [1.29, 1.82) is 0 Å². The average molecular weight is 1750 g/mol. The Morgan fingerprint density at radius 2 is 0.991 bits per heavy atom. The molecule has 16 rings (SSSR count). The lowest BCUT2D eigenvalue weighted by Gasteiger charge is -2.33. The zero-order valence-electron chi connectivity index (χ0n) is 69.4. The second-order valence-corrected chi connectivity index (χ2v) is 36.8. The number of amides is 2. The van der Waals surface area contributed by atoms with Crippen molar-refractivity contribution in [3.05, 3.63) is 242 Å². The molecule has 0 atom stereocenters. The van der Waals surface area contributed by atoms with E-state index >= 15 is 0 Å². The quantitative estimate of drug-likeness (QED) is 0.122. The summed E-state index contributed by atoms with van der Waals surface area (Å²) in [7, 11) is -0.345. The van der Waals surface area contributed by atoms with Gasteiger partial charge in [0, 0.05) is 81.2 Å². The molecule has 115 heavy (non-hydrogen) atoms. The monoisotopic (exact) mass is 1750 g/mol. The van der Waals surface area contributed by atoms with Crippen LogP contribution in [0.25, 0.3) is 61.1 Å². The first-order chi connectivity index (χ1) is 54.6. The number of pyridine rings is 1. The zero-order valence-corrected chi connectivity index (χ0v) is 74.1. The summed E-state index contributed by atoms with van der Waals surface area (Å²) in [6, 6.07) is 52.1. The van der Waals surface area contributed by atoms with E-state index in [4.69, 9.17) is 33.2 Å². The number of piperidine rings is 1. The Morgan fingerprint density at radius 1 is 0.504 bits per heavy atom. The number of nitrogens with zero attached hydrogens (tertiary/aromatic N) is 6. The molecule has 17 nitrogen and oxygen atoms in total. The molecule has 3 N–H and O–H groups in total. The van der Waals surface area contributed by atoms with E-state index in [2.05, 4.69) is 218 Å². The number of allylic oxidation sites excluding steroid dienone is 2. The summed E-state index contributed by atoms with van der Waals surface area (Å²) in [5.41, 5.74) is 16.3. The van der Waals surface area contributed by atoms with Crippen LogP contribution in [0, 0.1) is 0 Å². The number of carbonyl (C=O) groups excluding carboxylic acids is 2. The van der Waals surface area contributed by atoms with Crippen molar-refractivity contribution < 1.29 is 43.0 Å². The maximum absolute atomic E-state index is 12.2. The van der Waals surface area contributed by atoms with E-state index in [-0.39, 0.29) is 41.7 Å². The number of benzene rings is 6. The lowest BCUT2D eigenvalue weighted by Crippen LogP contribution is -2.41. The highest BCUT2D eigenvalue weighted by Gasteiger charge is 2.52. The van der Waals surface area contributed by atoms with E-state index in [0.717, 1.165) is 122 Å². The van der Waals surface area contributed by atoms with Crippen molar-refractivity contribution in [1.82, 2.24) is 40.0 Å². The van der Waals surface area contributed by atoms with E-state index in [9.17, 15) is 14.7 Å². The predicted molar refractivity (Wildman–Crippen MR) is 478 cm³/mol. The fourth-order valence-electron chi connectivity index (χ4n) is 14.0. The number of nitrogens with one attached hydrogen (secondary N) is 2. The van der Waals surface area contributed by atoms with Crippen molar-refractivity contribution >= 4 is 111 Å². The average Bonchev–Trinajstić information content (AvgIpc) is 1.73. The molecule has 0 saturated carbocycles. The van der Waals surface area contributed by atoms with Gasteiger partial charge in [-0.25, -0.2) is 19.1 Å². The van der Waals surface area contributed by atoms with Crippen LogP contribution in [0.1, 0.15) is 183 Å². The number of carbonyl (C=O) groups is 2. The van der Waals surface area contributed by atoms with Gasteiger partial charge in [-0.3, -0.25) is 4.98 Å². The molecule has 1 aliphatic carbocycles. The minimum absolute atomic E-state index is 0.132. The standard InChI is InChI=1S/C27H22N4.C22H32BNO4.C16H20BrNO2.C11H14BrNO.C11H12BrN.C7H14O2/c1-2-6-19(7-3-1)20-10-12-21(13-11-20)22-16-29-27-25(17-30-31(27)18-22)23-14-15-28-26-9-5-4-8-24(23)26;1-20(2,3)26-19(25)24-14-12-17(13-15-24)16-8-10-18(11-9-16)23-27-21(4,5)22(6,7)28-23;1-16(2,3)20-15(19)18-10-8-13(9-11-18)12-4-6-14(17)7-5-12;12-10-3-1-9(2-4-10)11(14)5-7-13-8-6-11;12-11-3-1-9(2-4-11)10-5-7-13-8-6-10;1-6(2)7(3,4)9-5-8-6/h4-6,8-18H,1-3,7H2;8-12H,13-15H2,1-7H3;4-8H,9-11H2,1-3H3;1-4,13-14H,5-8H2;1-5,13H,6-8H2;5H2,1-4H3. The number of aromatic nitrogens is 4. The fraction of sp³-hybridized carbons (Fsp3) is 0.415. The van der Waals surface area contributed by atoms with Crippen LogP contribution in [-0.4, -0.2) is 147 Å². The summed E-state index contributed by atoms with van der Waals surface area (Å²) in [5, 5.41) is 22.7. The molecule has 3 fully saturated rings. The molecule has 0 bridgehead atoms. The van der Waals surface area contributed by atoms with Crippen LogP contribution in [0.4, 0.5) is 9.59 Å². The van der Waals surface area contributed by atoms with Gasteiger partial charge in [-0.1, -0.05) is 175 Å². The van der Waals surface area contributed by atoms with E-state index in [0.29, 0.717) is 33.0 Å². The van der Waals surface area contributed by atoms with Crippen LogP contribution in [0.5, 0.6) is 0 Å². The highest BCUT2D eigenvalue weighted by atomic mass is 79.9. The summed E-state index contributed by atoms with van der Waals surface area (Å²) >= 11 is 10.3. The molecule has 21 heteroatoms. The Bertz CT molecular complexity index is 4850. The molecule has 2 amide bonds. The summed E-state index contributed by atoms with van der Waals surface area (Å²) in [6.45, 7) is 34.6. The Labute approximate surface area is 706 Å². The molecule has 7 aliphatic rings. The van der Waals surface area contributed by atoms with Gasteiger partial charge in [0.05, 0.1) is 39.7 Å². The maximum Gasteiger partial charge on any atom is 0.494 e. The van der Waals surface area contributed by atoms with Gasteiger partial charge in [0.2, 0.25) is 0 Å². The van der Waals surface area contributed by atoms with Crippen LogP contribution in [0.3, 0.4) is 0 Å². The zero-order chi connectivity index (χ0) is 82.4. The smallest absolute Gasteiger partial charge is 0.444 e. The number of fused-ring (bicyclic) bond motifs is 2. The van der Waals surface area contributed by atoms with Crippen LogP contribution < -0.4 is 16.1 Å². The number of hydrogen-bond donors (Lipinski definition) is 3. The minimum Gasteiger partial charge on any atom is -0.444 e. The molecule has 6 aromatic carbocycles. The molecule has 3 saturated heterocycles. The number of aliphatic hydroxyl groups is 1. The lowest BCUT2D eigenvalue weighted by atomic mass is 9.78. The molecule has 9 heterocycles. The van der Waals surface area contributed by atoms with Gasteiger partial charge >= 0.3 is 19.3 Å². The number of rotatable bonds is 8. The third-order valence-electron chi connectivity index (χ3n) is 22.3. The van der Waals surface area contributed by atoms with Crippen molar-refractivity contribution in [2.75, 3.05) is 59.2 Å². The van der Waals surface area contributed by atoms with Crippen molar-refractivity contribution in [3.63, 3.8) is 0 Å². The van der Waals surface area contributed by atoms with Gasteiger partial charge in [-0.15, -0.1) is 0 Å². The van der Waals surface area contributed by atoms with Crippen LogP contribution in [0.15, 0.2) is 214 Å². The second-order valence-electron chi connectivity index (χ2n) is 34.0. The molecule has 9 aromatic rings. The Morgan fingerprint density at radius 3 is 1.46 bits per heavy atom. The summed E-state index contributed by atoms with van der Waals surface area (Å²) < 4.78 is 38.9. The Balaban J connectivity index is 0.000000142. The predicted octanol–water partition coefficient (Wildman–Crippen LogP) is 21.4. The van der Waals surface area contributed by atoms with Crippen molar-refractivity contribution in [2.24, 2.45) is 0 Å². The summed E-state index contributed by atoms with van der Waals surface area (Å²) in [4.78, 5) is 36.9. The largest absolute Gasteiger partial charge is 0.494 e.